The van der Waals surface area contributed by atoms with E-state index in [1.54, 1.807) is 12.1 Å². The van der Waals surface area contributed by atoms with Crippen molar-refractivity contribution in [3.63, 3.8) is 0 Å². The molecule has 0 atom stereocenters. The normalized spacial score (nSPS) is 10.1. The molecule has 104 valence electrons. The molecule has 0 saturated heterocycles. The monoisotopic (exact) mass is 271 g/mol. The third-order valence-electron chi connectivity index (χ3n) is 2.63. The first-order valence-electron chi connectivity index (χ1n) is 6.52. The van der Waals surface area contributed by atoms with Crippen molar-refractivity contribution in [3.8, 4) is 0 Å². The van der Waals surface area contributed by atoms with E-state index in [0.717, 1.165) is 23.6 Å². The number of ether oxygens (including phenoxy) is 1. The quantitative estimate of drug-likeness (QED) is 0.846. The molecule has 0 unspecified atom stereocenters. The molecular formula is C15H17N3O2. The number of nitrogens with one attached hydrogen (secondary N) is 1. The van der Waals surface area contributed by atoms with Crippen LogP contribution in [-0.2, 0) is 4.74 Å². The Kier molecular flexibility index (Phi) is 4.65. The van der Waals surface area contributed by atoms with Crippen LogP contribution >= 0.6 is 0 Å². The molecule has 0 aliphatic heterocycles. The second-order valence-corrected chi connectivity index (χ2v) is 4.38. The Balaban J connectivity index is 2.03. The summed E-state index contributed by atoms with van der Waals surface area (Å²) in [4.78, 5) is 19.8. The lowest BCUT2D eigenvalue weighted by Crippen LogP contribution is -2.05. The molecule has 1 aromatic heterocycles. The summed E-state index contributed by atoms with van der Waals surface area (Å²) in [7, 11) is 0. The van der Waals surface area contributed by atoms with Crippen molar-refractivity contribution in [3.05, 3.63) is 47.9 Å². The Morgan fingerprint density at radius 1 is 1.25 bits per heavy atom. The van der Waals surface area contributed by atoms with Crippen LogP contribution in [0.2, 0.25) is 0 Å². The Hall–Kier alpha value is -2.43. The van der Waals surface area contributed by atoms with E-state index in [1.165, 1.54) is 6.33 Å². The number of rotatable bonds is 5. The van der Waals surface area contributed by atoms with Gasteiger partial charge in [0.15, 0.2) is 0 Å². The van der Waals surface area contributed by atoms with Gasteiger partial charge in [0.1, 0.15) is 12.1 Å². The number of nitrogens with zero attached hydrogens (tertiary/aromatic N) is 2. The number of aromatic nitrogens is 2. The lowest BCUT2D eigenvalue weighted by atomic mass is 10.2. The molecule has 0 bridgehead atoms. The third-order valence-corrected chi connectivity index (χ3v) is 2.63. The predicted molar refractivity (Wildman–Crippen MR) is 77.1 cm³/mol. The van der Waals surface area contributed by atoms with Crippen LogP contribution in [0.1, 0.15) is 29.4 Å². The van der Waals surface area contributed by atoms with Gasteiger partial charge in [0.25, 0.3) is 0 Å². The van der Waals surface area contributed by atoms with Gasteiger partial charge in [-0.15, -0.1) is 0 Å². The number of aryl methyl sites for hydroxylation is 1. The van der Waals surface area contributed by atoms with E-state index in [9.17, 15) is 4.79 Å². The zero-order chi connectivity index (χ0) is 14.4. The van der Waals surface area contributed by atoms with Crippen molar-refractivity contribution >= 4 is 17.5 Å². The van der Waals surface area contributed by atoms with Crippen molar-refractivity contribution in [1.29, 1.82) is 0 Å². The molecular weight excluding hydrogens is 254 g/mol. The highest BCUT2D eigenvalue weighted by Crippen LogP contribution is 2.15. The second-order valence-electron chi connectivity index (χ2n) is 4.38. The number of hydrogen-bond acceptors (Lipinski definition) is 5. The summed E-state index contributed by atoms with van der Waals surface area (Å²) < 4.78 is 5.07. The van der Waals surface area contributed by atoms with E-state index >= 15 is 0 Å². The molecule has 0 spiro atoms. The molecule has 5 nitrogen and oxygen atoms in total. The van der Waals surface area contributed by atoms with E-state index < -0.39 is 0 Å². The maximum Gasteiger partial charge on any atom is 0.338 e. The Labute approximate surface area is 118 Å². The molecule has 2 aromatic rings. The van der Waals surface area contributed by atoms with Crippen LogP contribution in [0.4, 0.5) is 11.5 Å². The average Bonchev–Trinajstić information content (AvgIpc) is 2.45. The van der Waals surface area contributed by atoms with Gasteiger partial charge in [-0.1, -0.05) is 6.92 Å². The Morgan fingerprint density at radius 3 is 2.65 bits per heavy atom. The summed E-state index contributed by atoms with van der Waals surface area (Å²) in [6.45, 7) is 4.31. The summed E-state index contributed by atoms with van der Waals surface area (Å²) in [5, 5.41) is 3.15. The third kappa shape index (κ3) is 3.78. The molecule has 1 N–H and O–H groups in total. The largest absolute Gasteiger partial charge is 0.462 e. The molecule has 0 radical (unpaired) electrons. The van der Waals surface area contributed by atoms with Crippen LogP contribution < -0.4 is 5.32 Å². The van der Waals surface area contributed by atoms with Crippen LogP contribution in [0.25, 0.3) is 0 Å². The minimum atomic E-state index is -0.295. The SMILES string of the molecule is CCCOC(=O)c1ccc(Nc2cc(C)ncn2)cc1. The fourth-order valence-corrected chi connectivity index (χ4v) is 1.64. The fourth-order valence-electron chi connectivity index (χ4n) is 1.64. The topological polar surface area (TPSA) is 64.1 Å². The highest BCUT2D eigenvalue weighted by Gasteiger charge is 2.06. The number of esters is 1. The number of carbonyl (C=O) groups excluding carboxylic acids is 1. The van der Waals surface area contributed by atoms with Crippen molar-refractivity contribution in [1.82, 2.24) is 9.97 Å². The Bertz CT molecular complexity index is 582. The minimum Gasteiger partial charge on any atom is -0.462 e. The number of benzene rings is 1. The fraction of sp³-hybridized carbons (Fsp3) is 0.267. The van der Waals surface area contributed by atoms with E-state index in [1.807, 2.05) is 32.0 Å². The number of anilines is 2. The first kappa shape index (κ1) is 14.0. The van der Waals surface area contributed by atoms with Crippen molar-refractivity contribution < 1.29 is 9.53 Å². The van der Waals surface area contributed by atoms with Crippen LogP contribution in [0.3, 0.4) is 0 Å². The summed E-state index contributed by atoms with van der Waals surface area (Å²) >= 11 is 0. The van der Waals surface area contributed by atoms with Crippen LogP contribution in [0, 0.1) is 6.92 Å². The van der Waals surface area contributed by atoms with Gasteiger partial charge < -0.3 is 10.1 Å². The first-order valence-corrected chi connectivity index (χ1v) is 6.52. The van der Waals surface area contributed by atoms with E-state index in [4.69, 9.17) is 4.74 Å². The zero-order valence-electron chi connectivity index (χ0n) is 11.6. The lowest BCUT2D eigenvalue weighted by molar-refractivity contribution is 0.0505. The number of carbonyl (C=O) groups is 1. The van der Waals surface area contributed by atoms with Gasteiger partial charge >= 0.3 is 5.97 Å². The first-order chi connectivity index (χ1) is 9.69. The summed E-state index contributed by atoms with van der Waals surface area (Å²) in [6, 6.07) is 8.95. The van der Waals surface area contributed by atoms with E-state index in [2.05, 4.69) is 15.3 Å². The molecule has 5 heteroatoms. The molecule has 0 fully saturated rings. The van der Waals surface area contributed by atoms with Gasteiger partial charge in [0.05, 0.1) is 12.2 Å². The zero-order valence-corrected chi connectivity index (χ0v) is 11.6. The minimum absolute atomic E-state index is 0.295. The van der Waals surface area contributed by atoms with Gasteiger partial charge in [0.2, 0.25) is 0 Å². The molecule has 1 heterocycles. The summed E-state index contributed by atoms with van der Waals surface area (Å²) in [5.74, 6) is 0.426. The van der Waals surface area contributed by atoms with E-state index in [-0.39, 0.29) is 5.97 Å². The maximum absolute atomic E-state index is 11.7. The highest BCUT2D eigenvalue weighted by molar-refractivity contribution is 5.89. The summed E-state index contributed by atoms with van der Waals surface area (Å²) in [6.07, 6.45) is 2.33. The second kappa shape index (κ2) is 6.65. The molecule has 0 aliphatic rings. The van der Waals surface area contributed by atoms with Crippen molar-refractivity contribution in [2.24, 2.45) is 0 Å². The lowest BCUT2D eigenvalue weighted by Gasteiger charge is -2.07. The van der Waals surface area contributed by atoms with Gasteiger partial charge in [-0.05, 0) is 37.6 Å². The number of hydrogen-bond donors (Lipinski definition) is 1. The van der Waals surface area contributed by atoms with Gasteiger partial charge in [0, 0.05) is 17.4 Å². The average molecular weight is 271 g/mol. The Morgan fingerprint density at radius 2 is 2.00 bits per heavy atom. The molecule has 0 aliphatic carbocycles. The van der Waals surface area contributed by atoms with Crippen molar-refractivity contribution in [2.45, 2.75) is 20.3 Å². The smallest absolute Gasteiger partial charge is 0.338 e. The molecule has 20 heavy (non-hydrogen) atoms. The predicted octanol–water partition coefficient (Wildman–Crippen LogP) is 3.10. The van der Waals surface area contributed by atoms with Gasteiger partial charge in [-0.3, -0.25) is 0 Å². The van der Waals surface area contributed by atoms with Gasteiger partial charge in [-0.2, -0.15) is 0 Å². The van der Waals surface area contributed by atoms with Crippen LogP contribution in [0.5, 0.6) is 0 Å². The molecule has 0 amide bonds. The standard InChI is InChI=1S/C15H17N3O2/c1-3-8-20-15(19)12-4-6-13(7-5-12)18-14-9-11(2)16-10-17-14/h4-7,9-10H,3,8H2,1-2H3,(H,16,17,18). The highest BCUT2D eigenvalue weighted by atomic mass is 16.5. The molecule has 0 saturated carbocycles. The maximum atomic E-state index is 11.7. The molecule has 1 aromatic carbocycles. The summed E-state index contributed by atoms with van der Waals surface area (Å²) in [5.41, 5.74) is 2.29. The van der Waals surface area contributed by atoms with Crippen LogP contribution in [0.15, 0.2) is 36.7 Å². The van der Waals surface area contributed by atoms with Gasteiger partial charge in [-0.25, -0.2) is 14.8 Å². The van der Waals surface area contributed by atoms with Crippen LogP contribution in [-0.4, -0.2) is 22.5 Å². The van der Waals surface area contributed by atoms with E-state index in [0.29, 0.717) is 12.2 Å². The van der Waals surface area contributed by atoms with Crippen molar-refractivity contribution in [2.75, 3.05) is 11.9 Å². The molecule has 2 rings (SSSR count).